The number of aromatic nitrogens is 1. The molecule has 0 aliphatic rings. The molecule has 0 saturated carbocycles. The van der Waals surface area contributed by atoms with Gasteiger partial charge in [0, 0.05) is 30.1 Å². The van der Waals surface area contributed by atoms with Crippen molar-refractivity contribution in [3.8, 4) is 0 Å². The second-order valence-electron chi connectivity index (χ2n) is 17.7. The summed E-state index contributed by atoms with van der Waals surface area (Å²) < 4.78 is 0. The summed E-state index contributed by atoms with van der Waals surface area (Å²) in [7, 11) is 0. The molecule has 1 aromatic heterocycles. The van der Waals surface area contributed by atoms with E-state index in [0.29, 0.717) is 16.5 Å². The maximum Gasteiger partial charge on any atom is 0.326 e. The van der Waals surface area contributed by atoms with Gasteiger partial charge in [-0.1, -0.05) is 38.5 Å². The maximum atomic E-state index is 14.4. The summed E-state index contributed by atoms with van der Waals surface area (Å²) in [5, 5.41) is 49.1. The van der Waals surface area contributed by atoms with Crippen LogP contribution < -0.4 is 71.2 Å². The topological polar surface area (TPSA) is 520 Å². The number of fused-ring (bicyclic) bond motifs is 1. The molecule has 1 aromatic carbocycles. The van der Waals surface area contributed by atoms with Crippen LogP contribution in [0.25, 0.3) is 10.9 Å². The Morgan fingerprint density at radius 2 is 1.08 bits per heavy atom. The molecule has 0 fully saturated rings. The van der Waals surface area contributed by atoms with Crippen LogP contribution in [0.1, 0.15) is 78.7 Å². The van der Waals surface area contributed by atoms with Gasteiger partial charge in [-0.05, 0) is 51.2 Å². The van der Waals surface area contributed by atoms with Crippen molar-refractivity contribution in [3.05, 3.63) is 36.0 Å². The highest BCUT2D eigenvalue weighted by atomic mass is 16.4. The Bertz CT molecular complexity index is 2440. The number of nitrogens with one attached hydrogen (secondary N) is 9. The minimum Gasteiger partial charge on any atom is -0.481 e. The highest BCUT2D eigenvalue weighted by Crippen LogP contribution is 2.20. The average molecular weight is 1060 g/mol. The summed E-state index contributed by atoms with van der Waals surface area (Å²) in [6, 6.07) is -7.92. The van der Waals surface area contributed by atoms with Crippen LogP contribution in [-0.2, 0) is 64.0 Å². The number of carboxylic acids is 2. The van der Waals surface area contributed by atoms with Gasteiger partial charge in [0.05, 0.1) is 31.4 Å². The first-order valence-electron chi connectivity index (χ1n) is 23.5. The molecular formula is C45H69N15O15. The number of aliphatic hydroxyl groups is 1. The summed E-state index contributed by atoms with van der Waals surface area (Å²) >= 11 is 0. The lowest BCUT2D eigenvalue weighted by Crippen LogP contribution is -2.62. The van der Waals surface area contributed by atoms with Gasteiger partial charge < -0.3 is 91.5 Å². The van der Waals surface area contributed by atoms with Crippen LogP contribution >= 0.6 is 0 Å². The fraction of sp³-hybridized carbons (Fsp3) is 0.533. The normalized spacial score (nSPS) is 15.4. The summed E-state index contributed by atoms with van der Waals surface area (Å²) in [4.78, 5) is 163. The number of rotatable bonds is 32. The summed E-state index contributed by atoms with van der Waals surface area (Å²) in [5.41, 5.74) is 28.2. The molecule has 30 nitrogen and oxygen atoms in total. The van der Waals surface area contributed by atoms with Gasteiger partial charge >= 0.3 is 11.9 Å². The van der Waals surface area contributed by atoms with E-state index in [9.17, 15) is 72.9 Å². The summed E-state index contributed by atoms with van der Waals surface area (Å²) in [6.07, 6.45) is -3.45. The minimum absolute atomic E-state index is 0.00693. The number of guanidine groups is 1. The van der Waals surface area contributed by atoms with Crippen molar-refractivity contribution in [2.24, 2.45) is 39.6 Å². The van der Waals surface area contributed by atoms with Crippen LogP contribution in [0.15, 0.2) is 35.5 Å². The molecule has 2 aromatic rings. The zero-order valence-electron chi connectivity index (χ0n) is 42.0. The molecule has 0 bridgehead atoms. The molecule has 0 spiro atoms. The summed E-state index contributed by atoms with van der Waals surface area (Å²) in [5.74, 6) is -15.2. The number of aliphatic imine (C=N–C) groups is 1. The van der Waals surface area contributed by atoms with Crippen LogP contribution in [0.3, 0.4) is 0 Å². The van der Waals surface area contributed by atoms with Crippen molar-refractivity contribution < 1.29 is 72.9 Å². The number of carbonyl (C=O) groups is 12. The van der Waals surface area contributed by atoms with Gasteiger partial charge in [0.15, 0.2) is 5.96 Å². The molecule has 0 radical (unpaired) electrons. The zero-order chi connectivity index (χ0) is 56.9. The number of hydrogen-bond acceptors (Lipinski definition) is 15. The van der Waals surface area contributed by atoms with Gasteiger partial charge in [0.25, 0.3) is 0 Å². The Morgan fingerprint density at radius 1 is 0.600 bits per heavy atom. The zero-order valence-corrected chi connectivity index (χ0v) is 42.0. The highest BCUT2D eigenvalue weighted by molar-refractivity contribution is 6.00. The number of nitrogens with two attached hydrogens (primary N) is 5. The third-order valence-corrected chi connectivity index (χ3v) is 11.4. The number of aliphatic carboxylic acids is 2. The average Bonchev–Trinajstić information content (AvgIpc) is 3.73. The first-order valence-corrected chi connectivity index (χ1v) is 23.5. The highest BCUT2D eigenvalue weighted by Gasteiger charge is 2.37. The Kier molecular flexibility index (Phi) is 25.0. The van der Waals surface area contributed by atoms with E-state index in [1.165, 1.54) is 27.0 Å². The van der Waals surface area contributed by atoms with E-state index in [2.05, 4.69) is 52.5 Å². The summed E-state index contributed by atoms with van der Waals surface area (Å²) in [6.45, 7) is 6.76. The number of H-pyrrole nitrogens is 1. The molecular weight excluding hydrogens is 991 g/mol. The first-order chi connectivity index (χ1) is 35.1. The molecule has 0 aliphatic heterocycles. The molecule has 75 heavy (non-hydrogen) atoms. The quantitative estimate of drug-likeness (QED) is 0.0184. The van der Waals surface area contributed by atoms with E-state index in [0.717, 1.165) is 6.92 Å². The van der Waals surface area contributed by atoms with Gasteiger partial charge in [-0.25, -0.2) is 4.79 Å². The lowest BCUT2D eigenvalue weighted by Gasteiger charge is -2.28. The second kappa shape index (κ2) is 29.9. The third kappa shape index (κ3) is 20.9. The predicted molar refractivity (Wildman–Crippen MR) is 265 cm³/mol. The Balaban J connectivity index is 2.56. The predicted octanol–water partition coefficient (Wildman–Crippen LogP) is -6.25. The fourth-order valence-corrected chi connectivity index (χ4v) is 7.09. The molecule has 0 saturated heterocycles. The number of primary amides is 2. The van der Waals surface area contributed by atoms with Crippen LogP contribution in [0.2, 0.25) is 0 Å². The van der Waals surface area contributed by atoms with Gasteiger partial charge in [-0.2, -0.15) is 0 Å². The van der Waals surface area contributed by atoms with E-state index in [1.54, 1.807) is 31.2 Å². The number of nitrogens with zero attached hydrogens (tertiary/aromatic N) is 1. The Hall–Kier alpha value is -8.41. The van der Waals surface area contributed by atoms with Crippen molar-refractivity contribution >= 4 is 87.9 Å². The van der Waals surface area contributed by atoms with Gasteiger partial charge in [-0.3, -0.25) is 57.7 Å². The van der Waals surface area contributed by atoms with Crippen LogP contribution in [0.5, 0.6) is 0 Å². The maximum absolute atomic E-state index is 14.4. The molecule has 22 N–H and O–H groups in total. The molecule has 11 atom stereocenters. The third-order valence-electron chi connectivity index (χ3n) is 11.4. The molecule has 0 unspecified atom stereocenters. The van der Waals surface area contributed by atoms with E-state index in [1.807, 2.05) is 0 Å². The van der Waals surface area contributed by atoms with Crippen molar-refractivity contribution in [2.45, 2.75) is 140 Å². The van der Waals surface area contributed by atoms with Crippen LogP contribution in [0.4, 0.5) is 0 Å². The van der Waals surface area contributed by atoms with Crippen LogP contribution in [0, 0.1) is 5.92 Å². The number of hydrogen-bond donors (Lipinski definition) is 17. The van der Waals surface area contributed by atoms with E-state index >= 15 is 0 Å². The van der Waals surface area contributed by atoms with Crippen molar-refractivity contribution in [1.29, 1.82) is 0 Å². The lowest BCUT2D eigenvalue weighted by atomic mass is 9.98. The lowest BCUT2D eigenvalue weighted by molar-refractivity contribution is -0.144. The fourth-order valence-electron chi connectivity index (χ4n) is 7.09. The molecule has 2 rings (SSSR count). The number of aromatic amines is 1. The van der Waals surface area contributed by atoms with Crippen molar-refractivity contribution in [1.82, 2.24) is 47.5 Å². The SMILES string of the molecule is CC[C@H](C)[C@H](NC(=O)[C@H](CC(N)=O)NC(=O)[C@H](CC(=O)O)NC(=O)[C@@H](NC(=O)[C@H](Cc1c[nH]c2ccccc12)NC(=O)[C@H](CCCN=C(N)N)NC(=O)[C@H](CC(N)=O)NC(=O)[C@H](C)NC(=O)[C@H](C)N)[C@@H](C)O)C(=O)O. The smallest absolute Gasteiger partial charge is 0.326 e. The number of aliphatic hydroxyl groups excluding tert-OH is 1. The number of para-hydroxylation sites is 1. The standard InChI is InChI=1S/C45H69N15O15/c1-6-19(2)34(44(74)75)59-42(72)29(16-32(48)63)57-40(70)30(17-33(64)65)58-43(73)35(22(5)61)60-41(71)27(14-23-18-52-25-11-8-7-10-24(23)25)56-38(68)26(12-9-13-51-45(49)50)54-39(69)28(15-31(47)62)55-37(67)21(4)53-36(66)20(3)46/h7-8,10-11,18-22,26-30,34-35,52,61H,6,9,12-17,46H2,1-5H3,(H2,47,62)(H2,48,63)(H,53,66)(H,54,69)(H,55,67)(H,56,68)(H,57,70)(H,58,73)(H,59,72)(H,60,71)(H,64,65)(H,74,75)(H4,49,50,51)/t19-,20-,21-,22+,26-,27-,28-,29-,30-,34-,35-/m0/s1. The van der Waals surface area contributed by atoms with Crippen molar-refractivity contribution in [2.75, 3.05) is 6.54 Å². The van der Waals surface area contributed by atoms with Gasteiger partial charge in [0.1, 0.15) is 48.3 Å². The minimum atomic E-state index is -2.08. The van der Waals surface area contributed by atoms with E-state index in [-0.39, 0.29) is 38.2 Å². The van der Waals surface area contributed by atoms with Crippen molar-refractivity contribution in [3.63, 3.8) is 0 Å². The number of carbonyl (C=O) groups excluding carboxylic acids is 10. The number of amides is 10. The van der Waals surface area contributed by atoms with E-state index in [4.69, 9.17) is 28.7 Å². The van der Waals surface area contributed by atoms with Gasteiger partial charge in [-0.15, -0.1) is 0 Å². The number of benzene rings is 1. The van der Waals surface area contributed by atoms with E-state index < -0.39 is 157 Å². The van der Waals surface area contributed by atoms with Gasteiger partial charge in [0.2, 0.25) is 59.1 Å². The molecule has 30 heteroatoms. The molecule has 414 valence electrons. The molecule has 10 amide bonds. The first kappa shape index (κ1) is 62.7. The number of carboxylic acid groups (broad SMARTS) is 2. The Labute approximate surface area is 429 Å². The molecule has 1 heterocycles. The second-order valence-corrected chi connectivity index (χ2v) is 17.7. The largest absolute Gasteiger partial charge is 0.481 e. The van der Waals surface area contributed by atoms with Crippen LogP contribution in [-0.4, -0.2) is 164 Å². The monoisotopic (exact) mass is 1060 g/mol. The Morgan fingerprint density at radius 3 is 1.60 bits per heavy atom. The molecule has 0 aliphatic carbocycles.